The summed E-state index contributed by atoms with van der Waals surface area (Å²) in [4.78, 5) is 0. The lowest BCUT2D eigenvalue weighted by Crippen LogP contribution is -2.17. The maximum absolute atomic E-state index is 12.9. The van der Waals surface area contributed by atoms with E-state index >= 15 is 0 Å². The van der Waals surface area contributed by atoms with Crippen LogP contribution in [0.4, 0.5) is 13.2 Å². The normalized spacial score (nSPS) is 13.4. The lowest BCUT2D eigenvalue weighted by molar-refractivity contribution is -0.137. The molecule has 0 aromatic heterocycles. The summed E-state index contributed by atoms with van der Waals surface area (Å²) in [5, 5.41) is 0. The molecule has 0 heterocycles. The monoisotopic (exact) mass is 302 g/mol. The zero-order chi connectivity index (χ0) is 16.5. The highest BCUT2D eigenvalue weighted by molar-refractivity contribution is 5.42. The van der Waals surface area contributed by atoms with Gasteiger partial charge in [-0.1, -0.05) is 47.6 Å². The van der Waals surface area contributed by atoms with Crippen LogP contribution in [0.5, 0.6) is 5.75 Å². The van der Waals surface area contributed by atoms with Crippen LogP contribution in [0.15, 0.2) is 18.2 Å². The molecule has 0 aliphatic heterocycles. The number of hydrogen-bond donors (Lipinski definition) is 0. The first-order valence-electron chi connectivity index (χ1n) is 7.15. The molecule has 21 heavy (non-hydrogen) atoms. The molecule has 0 atom stereocenters. The average molecular weight is 302 g/mol. The van der Waals surface area contributed by atoms with Crippen LogP contribution in [-0.4, -0.2) is 6.61 Å². The smallest absolute Gasteiger partial charge is 0.416 e. The van der Waals surface area contributed by atoms with Gasteiger partial charge in [0.05, 0.1) is 12.2 Å². The predicted octanol–water partition coefficient (Wildman–Crippen LogP) is 5.82. The molecule has 0 bridgehead atoms. The lowest BCUT2D eigenvalue weighted by Gasteiger charge is -2.25. The highest BCUT2D eigenvalue weighted by atomic mass is 19.4. The first-order valence-corrected chi connectivity index (χ1v) is 7.15. The SMILES string of the molecule is CC(C)(C)CCOc1cc(C(F)(F)F)ccc1C(C)(C)C. The zero-order valence-corrected chi connectivity index (χ0v) is 13.7. The number of halogens is 3. The highest BCUT2D eigenvalue weighted by Crippen LogP contribution is 2.37. The van der Waals surface area contributed by atoms with Gasteiger partial charge in [-0.3, -0.25) is 0 Å². The van der Waals surface area contributed by atoms with Gasteiger partial charge in [-0.15, -0.1) is 0 Å². The van der Waals surface area contributed by atoms with E-state index in [2.05, 4.69) is 20.8 Å². The van der Waals surface area contributed by atoms with Crippen molar-refractivity contribution >= 4 is 0 Å². The van der Waals surface area contributed by atoms with E-state index in [9.17, 15) is 13.2 Å². The third-order valence-electron chi connectivity index (χ3n) is 3.23. The van der Waals surface area contributed by atoms with E-state index < -0.39 is 11.7 Å². The molecular formula is C17H25F3O. The molecule has 0 spiro atoms. The Kier molecular flexibility index (Phi) is 5.01. The molecule has 0 radical (unpaired) electrons. The molecule has 0 saturated carbocycles. The van der Waals surface area contributed by atoms with Crippen molar-refractivity contribution in [3.8, 4) is 5.75 Å². The van der Waals surface area contributed by atoms with Crippen LogP contribution >= 0.6 is 0 Å². The van der Waals surface area contributed by atoms with E-state index in [0.29, 0.717) is 12.4 Å². The summed E-state index contributed by atoms with van der Waals surface area (Å²) in [6.45, 7) is 12.5. The summed E-state index contributed by atoms with van der Waals surface area (Å²) in [5.74, 6) is 0.335. The predicted molar refractivity (Wildman–Crippen MR) is 79.7 cm³/mol. The molecule has 0 aliphatic rings. The fraction of sp³-hybridized carbons (Fsp3) is 0.647. The quantitative estimate of drug-likeness (QED) is 0.683. The molecule has 1 nitrogen and oxygen atoms in total. The molecule has 1 rings (SSSR count). The Labute approximate surface area is 125 Å². The van der Waals surface area contributed by atoms with Crippen LogP contribution in [0.3, 0.4) is 0 Å². The number of benzene rings is 1. The van der Waals surface area contributed by atoms with Crippen molar-refractivity contribution in [2.75, 3.05) is 6.61 Å². The van der Waals surface area contributed by atoms with Crippen molar-refractivity contribution in [1.82, 2.24) is 0 Å². The van der Waals surface area contributed by atoms with Crippen molar-refractivity contribution in [3.05, 3.63) is 29.3 Å². The molecule has 0 fully saturated rings. The molecule has 1 aromatic carbocycles. The number of hydrogen-bond acceptors (Lipinski definition) is 1. The van der Waals surface area contributed by atoms with E-state index in [1.165, 1.54) is 6.07 Å². The molecule has 0 unspecified atom stereocenters. The molecule has 120 valence electrons. The molecule has 4 heteroatoms. The van der Waals surface area contributed by atoms with Crippen molar-refractivity contribution in [2.24, 2.45) is 5.41 Å². The van der Waals surface area contributed by atoms with Crippen molar-refractivity contribution in [2.45, 2.75) is 59.6 Å². The van der Waals surface area contributed by atoms with Crippen LogP contribution in [0.25, 0.3) is 0 Å². The van der Waals surface area contributed by atoms with E-state index in [-0.39, 0.29) is 10.8 Å². The van der Waals surface area contributed by atoms with Gasteiger partial charge in [0.25, 0.3) is 0 Å². The number of rotatable bonds is 3. The number of ether oxygens (including phenoxy) is 1. The molecule has 0 aliphatic carbocycles. The Morgan fingerprint density at radius 3 is 1.95 bits per heavy atom. The maximum Gasteiger partial charge on any atom is 0.416 e. The van der Waals surface area contributed by atoms with Crippen LogP contribution in [0, 0.1) is 5.41 Å². The third kappa shape index (κ3) is 5.60. The summed E-state index contributed by atoms with van der Waals surface area (Å²) in [5.41, 5.74) is -0.0456. The van der Waals surface area contributed by atoms with Crippen LogP contribution in [-0.2, 0) is 11.6 Å². The van der Waals surface area contributed by atoms with E-state index in [1.54, 1.807) is 0 Å². The minimum Gasteiger partial charge on any atom is -0.493 e. The second kappa shape index (κ2) is 5.90. The van der Waals surface area contributed by atoms with Crippen molar-refractivity contribution < 1.29 is 17.9 Å². The van der Waals surface area contributed by atoms with Crippen molar-refractivity contribution in [3.63, 3.8) is 0 Å². The summed E-state index contributed by atoms with van der Waals surface area (Å²) >= 11 is 0. The lowest BCUT2D eigenvalue weighted by atomic mass is 9.85. The van der Waals surface area contributed by atoms with E-state index in [4.69, 9.17) is 4.74 Å². The molecular weight excluding hydrogens is 277 g/mol. The molecule has 0 saturated heterocycles. The second-order valence-corrected chi connectivity index (χ2v) is 7.62. The fourth-order valence-electron chi connectivity index (χ4n) is 1.90. The van der Waals surface area contributed by atoms with E-state index in [0.717, 1.165) is 24.1 Å². The van der Waals surface area contributed by atoms with Crippen LogP contribution in [0.1, 0.15) is 59.1 Å². The van der Waals surface area contributed by atoms with Gasteiger partial charge < -0.3 is 4.74 Å². The summed E-state index contributed by atoms with van der Waals surface area (Å²) in [7, 11) is 0. The van der Waals surface area contributed by atoms with Gasteiger partial charge in [0.15, 0.2) is 0 Å². The topological polar surface area (TPSA) is 9.23 Å². The Balaban J connectivity index is 3.06. The highest BCUT2D eigenvalue weighted by Gasteiger charge is 2.32. The van der Waals surface area contributed by atoms with Crippen LogP contribution in [0.2, 0.25) is 0 Å². The Morgan fingerprint density at radius 2 is 1.52 bits per heavy atom. The molecule has 1 aromatic rings. The largest absolute Gasteiger partial charge is 0.493 e. The van der Waals surface area contributed by atoms with Gasteiger partial charge in [0.2, 0.25) is 0 Å². The van der Waals surface area contributed by atoms with E-state index in [1.807, 2.05) is 20.8 Å². The minimum absolute atomic E-state index is 0.0868. The Bertz CT molecular complexity index is 476. The van der Waals surface area contributed by atoms with Gasteiger partial charge in [0.1, 0.15) is 5.75 Å². The van der Waals surface area contributed by atoms with Gasteiger partial charge in [-0.25, -0.2) is 0 Å². The number of alkyl halides is 3. The average Bonchev–Trinajstić information content (AvgIpc) is 2.24. The Morgan fingerprint density at radius 1 is 0.952 bits per heavy atom. The summed E-state index contributed by atoms with van der Waals surface area (Å²) in [6, 6.07) is 3.76. The standard InChI is InChI=1S/C17H25F3O/c1-15(2,3)9-10-21-14-11-12(17(18,19)20)7-8-13(14)16(4,5)6/h7-8,11H,9-10H2,1-6H3. The van der Waals surface area contributed by atoms with Gasteiger partial charge in [-0.05, 0) is 34.9 Å². The Hall–Kier alpha value is -1.19. The van der Waals surface area contributed by atoms with Gasteiger partial charge in [-0.2, -0.15) is 13.2 Å². The summed E-state index contributed by atoms with van der Waals surface area (Å²) in [6.07, 6.45) is -3.56. The third-order valence-corrected chi connectivity index (χ3v) is 3.23. The zero-order valence-electron chi connectivity index (χ0n) is 13.7. The minimum atomic E-state index is -4.35. The fourth-order valence-corrected chi connectivity index (χ4v) is 1.90. The summed E-state index contributed by atoms with van der Waals surface area (Å²) < 4.78 is 44.2. The van der Waals surface area contributed by atoms with Gasteiger partial charge >= 0.3 is 6.18 Å². The first kappa shape index (κ1) is 17.9. The van der Waals surface area contributed by atoms with Crippen molar-refractivity contribution in [1.29, 1.82) is 0 Å². The van der Waals surface area contributed by atoms with Crippen LogP contribution < -0.4 is 4.74 Å². The molecule has 0 amide bonds. The first-order chi connectivity index (χ1) is 9.31. The maximum atomic E-state index is 12.9. The second-order valence-electron chi connectivity index (χ2n) is 7.62. The molecule has 0 N–H and O–H groups in total. The van der Waals surface area contributed by atoms with Gasteiger partial charge in [0, 0.05) is 0 Å².